The Bertz CT molecular complexity index is 1420. The quantitative estimate of drug-likeness (QED) is 0.340. The van der Waals surface area contributed by atoms with Gasteiger partial charge >= 0.3 is 5.97 Å². The van der Waals surface area contributed by atoms with Crippen molar-refractivity contribution in [2.75, 3.05) is 11.8 Å². The molecule has 0 fully saturated rings. The van der Waals surface area contributed by atoms with Crippen LogP contribution in [-0.2, 0) is 21.4 Å². The van der Waals surface area contributed by atoms with Gasteiger partial charge in [0.2, 0.25) is 0 Å². The molecule has 2 N–H and O–H groups in total. The number of benzene rings is 3. The van der Waals surface area contributed by atoms with Crippen molar-refractivity contribution < 1.29 is 27.8 Å². The van der Waals surface area contributed by atoms with Gasteiger partial charge in [0.1, 0.15) is 28.7 Å². The number of rotatable bonds is 8. The van der Waals surface area contributed by atoms with Gasteiger partial charge < -0.3 is 14.6 Å². The minimum atomic E-state index is -4.07. The standard InChI is InChI=1S/C24H20N2O6S2/c1-31-22-10-6-5-9-20(22)26-34(29,30)18-11-12-21(27)19(13-18)24(28)32-14-17-15-33-23(25-17)16-7-3-2-4-8-16/h2-13,15,26-27H,14H2,1H3. The molecule has 3 aromatic carbocycles. The summed E-state index contributed by atoms with van der Waals surface area (Å²) in [7, 11) is -2.65. The molecule has 0 unspecified atom stereocenters. The molecule has 0 atom stereocenters. The van der Waals surface area contributed by atoms with Gasteiger partial charge in [-0.15, -0.1) is 11.3 Å². The lowest BCUT2D eigenvalue weighted by Gasteiger charge is -2.12. The Labute approximate surface area is 200 Å². The number of carbonyl (C=O) groups excluding carboxylic acids is 1. The fourth-order valence-corrected chi connectivity index (χ4v) is 4.99. The first-order valence-electron chi connectivity index (χ1n) is 10.0. The van der Waals surface area contributed by atoms with Gasteiger partial charge in [-0.05, 0) is 30.3 Å². The van der Waals surface area contributed by atoms with E-state index in [9.17, 15) is 18.3 Å². The molecule has 0 radical (unpaired) electrons. The molecule has 174 valence electrons. The summed E-state index contributed by atoms with van der Waals surface area (Å²) in [4.78, 5) is 16.8. The number of carbonyl (C=O) groups is 1. The SMILES string of the molecule is COc1ccccc1NS(=O)(=O)c1ccc(O)c(C(=O)OCc2csc(-c3ccccc3)n2)c1. The molecule has 0 spiro atoms. The second-order valence-electron chi connectivity index (χ2n) is 7.07. The molecule has 1 aromatic heterocycles. The summed E-state index contributed by atoms with van der Waals surface area (Å²) in [6.45, 7) is -0.127. The van der Waals surface area contributed by atoms with Crippen LogP contribution < -0.4 is 9.46 Å². The van der Waals surface area contributed by atoms with Crippen LogP contribution >= 0.6 is 11.3 Å². The molecular weight excluding hydrogens is 476 g/mol. The van der Waals surface area contributed by atoms with E-state index in [1.54, 1.807) is 29.6 Å². The average Bonchev–Trinajstić information content (AvgIpc) is 3.32. The number of phenolic OH excluding ortho intramolecular Hbond substituents is 1. The molecular formula is C24H20N2O6S2. The molecule has 8 nitrogen and oxygen atoms in total. The molecule has 34 heavy (non-hydrogen) atoms. The van der Waals surface area contributed by atoms with Crippen molar-refractivity contribution in [3.8, 4) is 22.1 Å². The number of ether oxygens (including phenoxy) is 2. The van der Waals surface area contributed by atoms with E-state index in [-0.39, 0.29) is 22.8 Å². The molecule has 0 aliphatic carbocycles. The van der Waals surface area contributed by atoms with Gasteiger partial charge in [0.25, 0.3) is 10.0 Å². The number of aromatic hydroxyl groups is 1. The zero-order chi connectivity index (χ0) is 24.1. The number of nitrogens with one attached hydrogen (secondary N) is 1. The highest BCUT2D eigenvalue weighted by Gasteiger charge is 2.21. The van der Waals surface area contributed by atoms with E-state index in [2.05, 4.69) is 9.71 Å². The smallest absolute Gasteiger partial charge is 0.342 e. The van der Waals surface area contributed by atoms with E-state index in [1.165, 1.54) is 24.5 Å². The Morgan fingerprint density at radius 3 is 2.56 bits per heavy atom. The number of hydrogen-bond donors (Lipinski definition) is 2. The second kappa shape index (κ2) is 9.94. The molecule has 4 rings (SSSR count). The van der Waals surface area contributed by atoms with Crippen molar-refractivity contribution in [2.45, 2.75) is 11.5 Å². The zero-order valence-electron chi connectivity index (χ0n) is 18.0. The number of hydrogen-bond acceptors (Lipinski definition) is 8. The maximum atomic E-state index is 12.9. The summed E-state index contributed by atoms with van der Waals surface area (Å²) >= 11 is 1.41. The second-order valence-corrected chi connectivity index (χ2v) is 9.61. The van der Waals surface area contributed by atoms with Crippen molar-refractivity contribution in [1.82, 2.24) is 4.98 Å². The molecule has 0 saturated heterocycles. The number of phenols is 1. The van der Waals surface area contributed by atoms with Crippen LogP contribution in [0, 0.1) is 0 Å². The minimum absolute atomic E-state index is 0.127. The van der Waals surface area contributed by atoms with Crippen LogP contribution in [0.15, 0.2) is 83.1 Å². The first kappa shape index (κ1) is 23.3. The number of sulfonamides is 1. The van der Waals surface area contributed by atoms with E-state index in [1.807, 2.05) is 30.3 Å². The minimum Gasteiger partial charge on any atom is -0.507 e. The lowest BCUT2D eigenvalue weighted by atomic mass is 10.2. The average molecular weight is 497 g/mol. The number of aromatic nitrogens is 1. The summed E-state index contributed by atoms with van der Waals surface area (Å²) < 4.78 is 38.6. The molecule has 0 aliphatic heterocycles. The number of para-hydroxylation sites is 2. The summed E-state index contributed by atoms with van der Waals surface area (Å²) in [5.74, 6) is -0.937. The molecule has 10 heteroatoms. The molecule has 0 saturated carbocycles. The summed E-state index contributed by atoms with van der Waals surface area (Å²) in [6, 6.07) is 19.5. The Morgan fingerprint density at radius 1 is 1.06 bits per heavy atom. The van der Waals surface area contributed by atoms with Crippen molar-refractivity contribution in [3.63, 3.8) is 0 Å². The predicted molar refractivity (Wildman–Crippen MR) is 129 cm³/mol. The highest BCUT2D eigenvalue weighted by Crippen LogP contribution is 2.29. The number of methoxy groups -OCH3 is 1. The Balaban J connectivity index is 1.49. The summed E-state index contributed by atoms with van der Waals surface area (Å²) in [5.41, 5.74) is 1.45. The third-order valence-corrected chi connectivity index (χ3v) is 7.08. The third-order valence-electron chi connectivity index (χ3n) is 4.77. The maximum absolute atomic E-state index is 12.9. The van der Waals surface area contributed by atoms with Gasteiger partial charge in [-0.25, -0.2) is 18.2 Å². The van der Waals surface area contributed by atoms with Crippen molar-refractivity contribution in [3.05, 3.63) is 89.4 Å². The van der Waals surface area contributed by atoms with E-state index in [4.69, 9.17) is 9.47 Å². The van der Waals surface area contributed by atoms with Crippen molar-refractivity contribution >= 4 is 33.0 Å². The predicted octanol–water partition coefficient (Wildman–Crippen LogP) is 4.68. The maximum Gasteiger partial charge on any atom is 0.342 e. The molecule has 4 aromatic rings. The van der Waals surface area contributed by atoms with E-state index < -0.39 is 21.7 Å². The van der Waals surface area contributed by atoms with E-state index in [0.717, 1.165) is 22.7 Å². The largest absolute Gasteiger partial charge is 0.507 e. The Morgan fingerprint density at radius 2 is 1.79 bits per heavy atom. The first-order chi connectivity index (χ1) is 16.4. The molecule has 0 aliphatic rings. The first-order valence-corrected chi connectivity index (χ1v) is 12.4. The van der Waals surface area contributed by atoms with Crippen LogP contribution in [0.3, 0.4) is 0 Å². The Hall–Kier alpha value is -3.89. The summed E-state index contributed by atoms with van der Waals surface area (Å²) in [5, 5.41) is 12.7. The fraction of sp³-hybridized carbons (Fsp3) is 0.0833. The monoisotopic (exact) mass is 496 g/mol. The molecule has 0 amide bonds. The lowest BCUT2D eigenvalue weighted by molar-refractivity contribution is 0.0465. The Kier molecular flexibility index (Phi) is 6.80. The highest BCUT2D eigenvalue weighted by atomic mass is 32.2. The van der Waals surface area contributed by atoms with Gasteiger partial charge in [-0.1, -0.05) is 42.5 Å². The van der Waals surface area contributed by atoms with Crippen LogP contribution in [0.2, 0.25) is 0 Å². The van der Waals surface area contributed by atoms with Gasteiger partial charge in [0, 0.05) is 10.9 Å². The van der Waals surface area contributed by atoms with Crippen molar-refractivity contribution in [1.29, 1.82) is 0 Å². The highest BCUT2D eigenvalue weighted by molar-refractivity contribution is 7.92. The molecule has 0 bridgehead atoms. The lowest BCUT2D eigenvalue weighted by Crippen LogP contribution is -2.15. The van der Waals surface area contributed by atoms with Crippen LogP contribution in [0.1, 0.15) is 16.1 Å². The van der Waals surface area contributed by atoms with Gasteiger partial charge in [-0.3, -0.25) is 4.72 Å². The number of nitrogens with zero attached hydrogens (tertiary/aromatic N) is 1. The van der Waals surface area contributed by atoms with Crippen LogP contribution in [0.25, 0.3) is 10.6 Å². The topological polar surface area (TPSA) is 115 Å². The zero-order valence-corrected chi connectivity index (χ0v) is 19.6. The van der Waals surface area contributed by atoms with Gasteiger partial charge in [0.05, 0.1) is 23.4 Å². The normalized spacial score (nSPS) is 11.1. The number of anilines is 1. The van der Waals surface area contributed by atoms with Crippen LogP contribution in [0.5, 0.6) is 11.5 Å². The van der Waals surface area contributed by atoms with E-state index >= 15 is 0 Å². The number of esters is 1. The van der Waals surface area contributed by atoms with Gasteiger partial charge in [-0.2, -0.15) is 0 Å². The van der Waals surface area contributed by atoms with E-state index in [0.29, 0.717) is 11.4 Å². The third kappa shape index (κ3) is 5.19. The van der Waals surface area contributed by atoms with Crippen LogP contribution in [0.4, 0.5) is 5.69 Å². The summed E-state index contributed by atoms with van der Waals surface area (Å²) in [6.07, 6.45) is 0. The molecule has 1 heterocycles. The fourth-order valence-electron chi connectivity index (χ4n) is 3.08. The van der Waals surface area contributed by atoms with Crippen LogP contribution in [-0.4, -0.2) is 31.6 Å². The van der Waals surface area contributed by atoms with Crippen molar-refractivity contribution in [2.24, 2.45) is 0 Å². The number of thiazole rings is 1. The van der Waals surface area contributed by atoms with Gasteiger partial charge in [0.15, 0.2) is 0 Å².